The van der Waals surface area contributed by atoms with Crippen LogP contribution in [0.3, 0.4) is 0 Å². The fourth-order valence-electron chi connectivity index (χ4n) is 5.25. The van der Waals surface area contributed by atoms with Crippen LogP contribution < -0.4 is 19.1 Å². The predicted molar refractivity (Wildman–Crippen MR) is 182 cm³/mol. The lowest BCUT2D eigenvalue weighted by atomic mass is 10.0. The number of halogens is 2. The second-order valence-corrected chi connectivity index (χ2v) is 13.7. The lowest BCUT2D eigenvalue weighted by Gasteiger charge is -2.34. The number of sulfonamides is 1. The van der Waals surface area contributed by atoms with E-state index in [4.69, 9.17) is 21.1 Å². The van der Waals surface area contributed by atoms with E-state index in [0.29, 0.717) is 29.4 Å². The van der Waals surface area contributed by atoms with Crippen molar-refractivity contribution in [2.75, 3.05) is 24.1 Å². The van der Waals surface area contributed by atoms with E-state index < -0.39 is 40.2 Å². The first kappa shape index (κ1) is 34.7. The van der Waals surface area contributed by atoms with E-state index in [1.165, 1.54) is 35.2 Å². The van der Waals surface area contributed by atoms with Crippen molar-refractivity contribution in [1.82, 2.24) is 10.2 Å². The van der Waals surface area contributed by atoms with Crippen molar-refractivity contribution in [3.05, 3.63) is 119 Å². The molecule has 1 aliphatic heterocycles. The van der Waals surface area contributed by atoms with Crippen molar-refractivity contribution in [1.29, 1.82) is 0 Å². The van der Waals surface area contributed by atoms with Gasteiger partial charge in [0.05, 0.1) is 10.6 Å². The molecule has 0 saturated carbocycles. The second-order valence-electron chi connectivity index (χ2n) is 11.4. The Morgan fingerprint density at radius 2 is 1.58 bits per heavy atom. The molecule has 1 heterocycles. The molecule has 0 radical (unpaired) electrons. The lowest BCUT2D eigenvalue weighted by Crippen LogP contribution is -2.54. The minimum Gasteiger partial charge on any atom is -0.486 e. The molecular formula is C36H37ClFN3O6S. The van der Waals surface area contributed by atoms with Crippen LogP contribution in [-0.2, 0) is 32.6 Å². The van der Waals surface area contributed by atoms with Crippen molar-refractivity contribution in [3.8, 4) is 11.5 Å². The molecule has 12 heteroatoms. The minimum absolute atomic E-state index is 0.0565. The number of carbonyl (C=O) groups is 2. The van der Waals surface area contributed by atoms with Crippen LogP contribution in [0.2, 0.25) is 5.02 Å². The van der Waals surface area contributed by atoms with Gasteiger partial charge in [0.15, 0.2) is 11.5 Å². The van der Waals surface area contributed by atoms with Gasteiger partial charge in [0.25, 0.3) is 10.0 Å². The summed E-state index contributed by atoms with van der Waals surface area (Å²) in [4.78, 5) is 29.7. The summed E-state index contributed by atoms with van der Waals surface area (Å²) in [7, 11) is -4.44. The predicted octanol–water partition coefficient (Wildman–Crippen LogP) is 6.00. The van der Waals surface area contributed by atoms with Crippen molar-refractivity contribution < 1.29 is 31.9 Å². The highest BCUT2D eigenvalue weighted by atomic mass is 35.5. The Hall–Kier alpha value is -4.61. The first-order valence-electron chi connectivity index (χ1n) is 15.6. The molecule has 9 nitrogen and oxygen atoms in total. The Morgan fingerprint density at radius 3 is 2.27 bits per heavy atom. The number of amides is 2. The zero-order valence-electron chi connectivity index (χ0n) is 26.6. The van der Waals surface area contributed by atoms with Gasteiger partial charge in [0.1, 0.15) is 31.6 Å². The fourth-order valence-corrected chi connectivity index (χ4v) is 6.88. The van der Waals surface area contributed by atoms with Gasteiger partial charge in [-0.05, 0) is 66.9 Å². The zero-order valence-corrected chi connectivity index (χ0v) is 28.2. The topological polar surface area (TPSA) is 105 Å². The first-order chi connectivity index (χ1) is 23.1. The van der Waals surface area contributed by atoms with Gasteiger partial charge in [-0.2, -0.15) is 0 Å². The molecule has 5 rings (SSSR count). The van der Waals surface area contributed by atoms with Crippen LogP contribution in [0.1, 0.15) is 31.4 Å². The zero-order chi connectivity index (χ0) is 34.3. The largest absolute Gasteiger partial charge is 0.486 e. The first-order valence-corrected chi connectivity index (χ1v) is 17.4. The Bertz CT molecular complexity index is 1840. The molecule has 0 aromatic heterocycles. The molecule has 2 amide bonds. The average Bonchev–Trinajstić information content (AvgIpc) is 3.09. The van der Waals surface area contributed by atoms with E-state index in [-0.39, 0.29) is 41.9 Å². The molecule has 1 N–H and O–H groups in total. The maximum absolute atomic E-state index is 14.6. The van der Waals surface area contributed by atoms with Gasteiger partial charge >= 0.3 is 0 Å². The van der Waals surface area contributed by atoms with Crippen molar-refractivity contribution in [2.24, 2.45) is 0 Å². The van der Waals surface area contributed by atoms with Crippen LogP contribution in [0.15, 0.2) is 102 Å². The monoisotopic (exact) mass is 693 g/mol. The van der Waals surface area contributed by atoms with Gasteiger partial charge in [0, 0.05) is 30.1 Å². The molecule has 0 bridgehead atoms. The molecule has 0 fully saturated rings. The summed E-state index contributed by atoms with van der Waals surface area (Å²) in [6, 6.07) is 24.0. The highest BCUT2D eigenvalue weighted by Crippen LogP contribution is 2.34. The third-order valence-electron chi connectivity index (χ3n) is 8.07. The number of nitrogens with zero attached hydrogens (tertiary/aromatic N) is 2. The Morgan fingerprint density at radius 1 is 0.917 bits per heavy atom. The molecule has 4 aromatic rings. The van der Waals surface area contributed by atoms with Crippen LogP contribution in [0, 0.1) is 5.82 Å². The number of hydrogen-bond donors (Lipinski definition) is 1. The number of carbonyl (C=O) groups excluding carboxylic acids is 2. The molecule has 2 atom stereocenters. The highest BCUT2D eigenvalue weighted by molar-refractivity contribution is 7.92. The van der Waals surface area contributed by atoms with Gasteiger partial charge < -0.3 is 19.7 Å². The van der Waals surface area contributed by atoms with Crippen LogP contribution in [-0.4, -0.2) is 57.0 Å². The normalized spacial score (nSPS) is 13.7. The number of nitrogens with one attached hydrogen (secondary N) is 1. The van der Waals surface area contributed by atoms with E-state index in [1.807, 2.05) is 44.2 Å². The maximum atomic E-state index is 14.6. The third kappa shape index (κ3) is 8.26. The average molecular weight is 694 g/mol. The SMILES string of the molecule is CC[C@H](C)NC(=O)[C@@H](Cc1ccccc1)N(Cc1ccccc1Cl)C(=O)CN(c1ccc(F)cc1)S(=O)(=O)c1ccc2c(c1)OCCO2. The molecule has 0 spiro atoms. The number of fused-ring (bicyclic) bond motifs is 1. The molecular weight excluding hydrogens is 657 g/mol. The third-order valence-corrected chi connectivity index (χ3v) is 10.2. The summed E-state index contributed by atoms with van der Waals surface area (Å²) in [6.07, 6.45) is 0.819. The molecule has 48 heavy (non-hydrogen) atoms. The molecule has 4 aromatic carbocycles. The maximum Gasteiger partial charge on any atom is 0.264 e. The fraction of sp³-hybridized carbons (Fsp3) is 0.278. The van der Waals surface area contributed by atoms with Gasteiger partial charge in [0.2, 0.25) is 11.8 Å². The van der Waals surface area contributed by atoms with Gasteiger partial charge in [-0.25, -0.2) is 12.8 Å². The molecule has 0 aliphatic carbocycles. The summed E-state index contributed by atoms with van der Waals surface area (Å²) >= 11 is 6.55. The quantitative estimate of drug-likeness (QED) is 0.184. The van der Waals surface area contributed by atoms with Crippen molar-refractivity contribution >= 4 is 39.1 Å². The molecule has 0 unspecified atom stereocenters. The summed E-state index contributed by atoms with van der Waals surface area (Å²) in [5.41, 5.74) is 1.43. The van der Waals surface area contributed by atoms with Crippen molar-refractivity contribution in [2.45, 2.75) is 50.2 Å². The van der Waals surface area contributed by atoms with E-state index in [9.17, 15) is 22.4 Å². The van der Waals surface area contributed by atoms with Crippen molar-refractivity contribution in [3.63, 3.8) is 0 Å². The van der Waals surface area contributed by atoms with Gasteiger partial charge in [-0.1, -0.05) is 67.1 Å². The summed E-state index contributed by atoms with van der Waals surface area (Å²) in [5.74, 6) is -0.992. The summed E-state index contributed by atoms with van der Waals surface area (Å²) in [6.45, 7) is 3.60. The second kappa shape index (κ2) is 15.5. The number of anilines is 1. The molecule has 1 aliphatic rings. The Labute approximate surface area is 285 Å². The van der Waals surface area contributed by atoms with E-state index in [0.717, 1.165) is 22.0 Å². The van der Waals surface area contributed by atoms with Crippen LogP contribution in [0.25, 0.3) is 0 Å². The summed E-state index contributed by atoms with van der Waals surface area (Å²) < 4.78 is 54.8. The standard InChI is InChI=1S/C36H37ClFN3O6S/c1-3-25(2)39-36(43)32(21-26-9-5-4-6-10-26)40(23-27-11-7-8-12-31(27)37)35(42)24-41(29-15-13-28(38)14-16-29)48(44,45)30-17-18-33-34(22-30)47-20-19-46-33/h4-18,22,25,32H,3,19-21,23-24H2,1-2H3,(H,39,43)/t25-,32+/m0/s1. The lowest BCUT2D eigenvalue weighted by molar-refractivity contribution is -0.140. The van der Waals surface area contributed by atoms with Crippen LogP contribution in [0.4, 0.5) is 10.1 Å². The number of benzene rings is 4. The summed E-state index contributed by atoms with van der Waals surface area (Å²) in [5, 5.41) is 3.38. The van der Waals surface area contributed by atoms with E-state index in [1.54, 1.807) is 24.3 Å². The number of ether oxygens (including phenoxy) is 2. The minimum atomic E-state index is -4.44. The Kier molecular flexibility index (Phi) is 11.2. The Balaban J connectivity index is 1.58. The smallest absolute Gasteiger partial charge is 0.264 e. The molecule has 252 valence electrons. The number of rotatable bonds is 13. The number of hydrogen-bond acceptors (Lipinski definition) is 6. The van der Waals surface area contributed by atoms with Gasteiger partial charge in [-0.15, -0.1) is 0 Å². The van der Waals surface area contributed by atoms with E-state index in [2.05, 4.69) is 5.32 Å². The molecule has 0 saturated heterocycles. The van der Waals surface area contributed by atoms with Crippen LogP contribution in [0.5, 0.6) is 11.5 Å². The van der Waals surface area contributed by atoms with Gasteiger partial charge in [-0.3, -0.25) is 13.9 Å². The highest BCUT2D eigenvalue weighted by Gasteiger charge is 2.35. The van der Waals surface area contributed by atoms with Crippen LogP contribution >= 0.6 is 11.6 Å². The van der Waals surface area contributed by atoms with E-state index >= 15 is 0 Å².